The van der Waals surface area contributed by atoms with Crippen molar-refractivity contribution in [3.8, 4) is 11.5 Å². The van der Waals surface area contributed by atoms with Gasteiger partial charge in [0.1, 0.15) is 5.69 Å². The van der Waals surface area contributed by atoms with Crippen molar-refractivity contribution >= 4 is 21.4 Å². The predicted molar refractivity (Wildman–Crippen MR) is 69.2 cm³/mol. The maximum atomic E-state index is 5.67. The largest absolute Gasteiger partial charge is 0.374 e. The molecule has 2 N–H and O–H groups in total. The number of aromatic nitrogens is 6. The Kier molecular flexibility index (Phi) is 2.71. The van der Waals surface area contributed by atoms with Gasteiger partial charge in [-0.2, -0.15) is 9.61 Å². The number of unbranched alkanes of at least 4 members (excludes halogenated alkanes) is 1. The van der Waals surface area contributed by atoms with Gasteiger partial charge in [0.15, 0.2) is 0 Å². The van der Waals surface area contributed by atoms with E-state index in [1.54, 1.807) is 10.7 Å². The van der Waals surface area contributed by atoms with Crippen LogP contribution < -0.4 is 5.73 Å². The van der Waals surface area contributed by atoms with Crippen molar-refractivity contribution in [1.29, 1.82) is 0 Å². The molecule has 0 saturated carbocycles. The van der Waals surface area contributed by atoms with Crippen LogP contribution >= 0.6 is 11.3 Å². The molecule has 0 aliphatic rings. The molecule has 7 nitrogen and oxygen atoms in total. The van der Waals surface area contributed by atoms with Gasteiger partial charge in [0, 0.05) is 12.7 Å². The number of nitrogens with zero attached hydrogens (tertiary/aromatic N) is 6. The van der Waals surface area contributed by atoms with E-state index >= 15 is 0 Å². The van der Waals surface area contributed by atoms with Crippen LogP contribution in [0.1, 0.15) is 19.8 Å². The molecule has 0 aliphatic carbocycles. The van der Waals surface area contributed by atoms with Gasteiger partial charge in [0.05, 0.1) is 0 Å². The van der Waals surface area contributed by atoms with Gasteiger partial charge >= 0.3 is 0 Å². The molecule has 0 unspecified atom stereocenters. The molecule has 0 aromatic carbocycles. The number of hydrogen-bond acceptors (Lipinski definition) is 6. The number of nitrogens with two attached hydrogens (primary N) is 1. The van der Waals surface area contributed by atoms with E-state index in [1.165, 1.54) is 11.3 Å². The van der Waals surface area contributed by atoms with Gasteiger partial charge in [-0.15, -0.1) is 15.3 Å². The van der Waals surface area contributed by atoms with E-state index in [2.05, 4.69) is 27.3 Å². The van der Waals surface area contributed by atoms with Gasteiger partial charge in [-0.05, 0) is 12.5 Å². The SMILES string of the molecule is CCCCn1nccc1-c1nnc2sc(N)nn12. The van der Waals surface area contributed by atoms with E-state index in [4.69, 9.17) is 5.73 Å². The molecule has 8 heteroatoms. The van der Waals surface area contributed by atoms with E-state index in [-0.39, 0.29) is 0 Å². The van der Waals surface area contributed by atoms with Crippen LogP contribution in [0.3, 0.4) is 0 Å². The van der Waals surface area contributed by atoms with Gasteiger partial charge in [-0.25, -0.2) is 0 Å². The summed E-state index contributed by atoms with van der Waals surface area (Å²) in [6.45, 7) is 3.02. The maximum absolute atomic E-state index is 5.67. The maximum Gasteiger partial charge on any atom is 0.236 e. The Morgan fingerprint density at radius 1 is 1.39 bits per heavy atom. The fourth-order valence-corrected chi connectivity index (χ4v) is 2.41. The second-order valence-corrected chi connectivity index (χ2v) is 4.94. The lowest BCUT2D eigenvalue weighted by atomic mass is 10.3. The first-order valence-corrected chi connectivity index (χ1v) is 6.61. The Morgan fingerprint density at radius 2 is 2.28 bits per heavy atom. The molecule has 0 fully saturated rings. The molecule has 0 amide bonds. The average molecular weight is 263 g/mol. The number of anilines is 1. The first-order chi connectivity index (χ1) is 8.79. The van der Waals surface area contributed by atoms with Gasteiger partial charge < -0.3 is 5.73 Å². The minimum Gasteiger partial charge on any atom is -0.374 e. The molecule has 0 aliphatic heterocycles. The lowest BCUT2D eigenvalue weighted by Crippen LogP contribution is -2.04. The highest BCUT2D eigenvalue weighted by molar-refractivity contribution is 7.20. The summed E-state index contributed by atoms with van der Waals surface area (Å²) in [5.41, 5.74) is 6.59. The number of rotatable bonds is 4. The molecule has 0 saturated heterocycles. The Labute approximate surface area is 107 Å². The van der Waals surface area contributed by atoms with Gasteiger partial charge in [-0.3, -0.25) is 4.68 Å². The van der Waals surface area contributed by atoms with Crippen molar-refractivity contribution in [1.82, 2.24) is 29.6 Å². The predicted octanol–water partition coefficient (Wildman–Crippen LogP) is 1.43. The van der Waals surface area contributed by atoms with Crippen molar-refractivity contribution < 1.29 is 0 Å². The third kappa shape index (κ3) is 1.74. The van der Waals surface area contributed by atoms with Crippen molar-refractivity contribution in [2.45, 2.75) is 26.3 Å². The molecule has 0 spiro atoms. The first kappa shape index (κ1) is 11.1. The summed E-state index contributed by atoms with van der Waals surface area (Å²) in [5.74, 6) is 0.687. The summed E-state index contributed by atoms with van der Waals surface area (Å²) in [6.07, 6.45) is 3.97. The van der Waals surface area contributed by atoms with Crippen LogP contribution in [0.15, 0.2) is 12.3 Å². The summed E-state index contributed by atoms with van der Waals surface area (Å²) in [7, 11) is 0. The van der Waals surface area contributed by atoms with E-state index in [1.807, 2.05) is 10.7 Å². The number of fused-ring (bicyclic) bond motifs is 1. The van der Waals surface area contributed by atoms with Crippen molar-refractivity contribution in [2.75, 3.05) is 5.73 Å². The number of aryl methyl sites for hydroxylation is 1. The summed E-state index contributed by atoms with van der Waals surface area (Å²) in [4.78, 5) is 0.700. The van der Waals surface area contributed by atoms with Crippen LogP contribution in [-0.2, 0) is 6.54 Å². The topological polar surface area (TPSA) is 86.9 Å². The Hall–Kier alpha value is -1.96. The molecule has 3 heterocycles. The van der Waals surface area contributed by atoms with Gasteiger partial charge in [-0.1, -0.05) is 24.7 Å². The zero-order valence-corrected chi connectivity index (χ0v) is 10.8. The van der Waals surface area contributed by atoms with Gasteiger partial charge in [0.25, 0.3) is 0 Å². The smallest absolute Gasteiger partial charge is 0.236 e. The first-order valence-electron chi connectivity index (χ1n) is 5.79. The zero-order valence-electron chi connectivity index (χ0n) is 9.94. The van der Waals surface area contributed by atoms with Crippen LogP contribution in [0, 0.1) is 0 Å². The van der Waals surface area contributed by atoms with Crippen molar-refractivity contribution in [3.05, 3.63) is 12.3 Å². The molecular weight excluding hydrogens is 250 g/mol. The Balaban J connectivity index is 2.05. The highest BCUT2D eigenvalue weighted by atomic mass is 32.1. The quantitative estimate of drug-likeness (QED) is 0.769. The summed E-state index contributed by atoms with van der Waals surface area (Å²) < 4.78 is 3.59. The molecule has 0 radical (unpaired) electrons. The van der Waals surface area contributed by atoms with Crippen LogP contribution in [0.2, 0.25) is 0 Å². The molecule has 3 aromatic rings. The van der Waals surface area contributed by atoms with E-state index in [0.717, 1.165) is 25.1 Å². The fraction of sp³-hybridized carbons (Fsp3) is 0.400. The van der Waals surface area contributed by atoms with E-state index in [0.29, 0.717) is 15.9 Å². The van der Waals surface area contributed by atoms with E-state index < -0.39 is 0 Å². The lowest BCUT2D eigenvalue weighted by Gasteiger charge is -2.03. The Morgan fingerprint density at radius 3 is 3.11 bits per heavy atom. The Bertz CT molecular complexity index is 665. The third-order valence-corrected chi connectivity index (χ3v) is 3.40. The van der Waals surface area contributed by atoms with Crippen LogP contribution in [0.4, 0.5) is 5.13 Å². The standard InChI is InChI=1S/C10H13N7S/c1-2-3-6-16-7(4-5-12-16)8-13-14-10-17(8)15-9(11)18-10/h4-5H,2-3,6H2,1H3,(H2,11,15). The van der Waals surface area contributed by atoms with Crippen molar-refractivity contribution in [3.63, 3.8) is 0 Å². The molecular formula is C10H13N7S. The number of hydrogen-bond donors (Lipinski definition) is 1. The molecule has 94 valence electrons. The average Bonchev–Trinajstić information content (AvgIpc) is 3.00. The zero-order chi connectivity index (χ0) is 12.5. The number of nitrogen functional groups attached to an aromatic ring is 1. The van der Waals surface area contributed by atoms with E-state index in [9.17, 15) is 0 Å². The summed E-state index contributed by atoms with van der Waals surface area (Å²) in [6, 6.07) is 1.92. The highest BCUT2D eigenvalue weighted by Crippen LogP contribution is 2.22. The minimum absolute atomic E-state index is 0.487. The van der Waals surface area contributed by atoms with Crippen LogP contribution in [-0.4, -0.2) is 29.6 Å². The summed E-state index contributed by atoms with van der Waals surface area (Å²) in [5, 5.41) is 17.2. The normalized spacial score (nSPS) is 11.4. The monoisotopic (exact) mass is 263 g/mol. The highest BCUT2D eigenvalue weighted by Gasteiger charge is 2.15. The lowest BCUT2D eigenvalue weighted by molar-refractivity contribution is 0.574. The fourth-order valence-electron chi connectivity index (χ4n) is 1.80. The van der Waals surface area contributed by atoms with Gasteiger partial charge in [0.2, 0.25) is 15.9 Å². The second-order valence-electron chi connectivity index (χ2n) is 3.95. The second kappa shape index (κ2) is 4.37. The molecule has 3 aromatic heterocycles. The third-order valence-electron chi connectivity index (χ3n) is 2.68. The molecule has 3 rings (SSSR count). The van der Waals surface area contributed by atoms with Crippen LogP contribution in [0.5, 0.6) is 0 Å². The minimum atomic E-state index is 0.487. The summed E-state index contributed by atoms with van der Waals surface area (Å²) >= 11 is 1.32. The molecule has 0 bridgehead atoms. The molecule has 18 heavy (non-hydrogen) atoms. The molecule has 0 atom stereocenters. The van der Waals surface area contributed by atoms with Crippen LogP contribution in [0.25, 0.3) is 16.5 Å². The van der Waals surface area contributed by atoms with Crippen molar-refractivity contribution in [2.24, 2.45) is 0 Å².